The summed E-state index contributed by atoms with van der Waals surface area (Å²) in [5.74, 6) is 0. The molecule has 0 saturated carbocycles. The number of hydrogen-bond donors (Lipinski definition) is 0. The molecule has 0 aliphatic carbocycles. The highest BCUT2D eigenvalue weighted by molar-refractivity contribution is 7.27. The van der Waals surface area contributed by atoms with Crippen LogP contribution in [0.5, 0.6) is 0 Å². The maximum absolute atomic E-state index is 6.48. The Bertz CT molecular complexity index is 7950. The highest BCUT2D eigenvalue weighted by atomic mass is 35.5. The summed E-state index contributed by atoms with van der Waals surface area (Å²) >= 11 is 9.98. The first-order valence-electron chi connectivity index (χ1n) is 37.9. The minimum Gasteiger partial charge on any atom is -0.399 e. The first-order valence-corrected chi connectivity index (χ1v) is 39.9. The highest BCUT2D eigenvalue weighted by Gasteiger charge is 2.52. The van der Waals surface area contributed by atoms with E-state index < -0.39 is 0 Å². The lowest BCUT2D eigenvalue weighted by Crippen LogP contribution is -2.41. The molecule has 1 saturated heterocycles. The lowest BCUT2D eigenvalue weighted by Gasteiger charge is -2.32. The van der Waals surface area contributed by atoms with Crippen molar-refractivity contribution in [3.63, 3.8) is 0 Å². The Kier molecular flexibility index (Phi) is 13.9. The number of para-hydroxylation sites is 4. The Hall–Kier alpha value is -12.2. The largest absolute Gasteiger partial charge is 0.496 e. The summed E-state index contributed by atoms with van der Waals surface area (Å²) in [6, 6.07) is 120. The van der Waals surface area contributed by atoms with E-state index in [1.165, 1.54) is 215 Å². The zero-order chi connectivity index (χ0) is 73.0. The van der Waals surface area contributed by atoms with Crippen molar-refractivity contribution in [2.75, 3.05) is 0 Å². The van der Waals surface area contributed by atoms with Crippen LogP contribution in [0.15, 0.2) is 328 Å². The van der Waals surface area contributed by atoms with Gasteiger partial charge in [-0.2, -0.15) is 0 Å². The maximum Gasteiger partial charge on any atom is 0.496 e. The van der Waals surface area contributed by atoms with Crippen molar-refractivity contribution in [3.8, 4) is 33.4 Å². The van der Waals surface area contributed by atoms with Crippen molar-refractivity contribution < 1.29 is 9.31 Å². The van der Waals surface area contributed by atoms with E-state index in [4.69, 9.17) is 20.9 Å². The van der Waals surface area contributed by atoms with Crippen molar-refractivity contribution in [2.45, 2.75) is 38.9 Å². The minimum atomic E-state index is -0.384. The number of aromatic nitrogens is 2. The summed E-state index contributed by atoms with van der Waals surface area (Å²) in [4.78, 5) is 0. The molecular formula is C102H66BClN2O2S2. The van der Waals surface area contributed by atoms with Crippen LogP contribution in [0.3, 0.4) is 0 Å². The third-order valence-electron chi connectivity index (χ3n) is 24.4. The molecule has 24 aromatic rings. The molecule has 110 heavy (non-hydrogen) atoms. The predicted molar refractivity (Wildman–Crippen MR) is 476 cm³/mol. The second kappa shape index (κ2) is 23.9. The number of fused-ring (bicyclic) bond motifs is 30. The van der Waals surface area contributed by atoms with Gasteiger partial charge in [-0.3, -0.25) is 0 Å². The van der Waals surface area contributed by atoms with E-state index >= 15 is 0 Å². The maximum atomic E-state index is 6.48. The molecule has 6 aromatic heterocycles. The van der Waals surface area contributed by atoms with Crippen molar-refractivity contribution in [3.05, 3.63) is 333 Å². The quantitative estimate of drug-likeness (QED) is 0.130. The second-order valence-electron chi connectivity index (χ2n) is 30.8. The van der Waals surface area contributed by atoms with Gasteiger partial charge in [-0.05, 0) is 174 Å². The first-order chi connectivity index (χ1) is 54.0. The van der Waals surface area contributed by atoms with Crippen LogP contribution in [-0.4, -0.2) is 27.1 Å². The first kappa shape index (κ1) is 63.9. The standard InChI is InChI=1S/C48H27NS.C36H29BO2S.C18H10ClN/c1-2-12-34-32(10-1)33-11-3-4-13-35(33)43-26-28(22-24-36(34)43)30-15-7-19-41-42-20-8-16-31(48(42)50-47(30)41)29-23-25-38-40-18-9-17-39-37-14-5-6-21-44(37)49(46(39)40)45(38)27-29;1-35(2)36(3,4)39-37(38-35)32-18-10-17-30-29-16-9-15-23(33(29)40-34(30)32)22-19-20-28-26-13-6-5-11-24(26)25-12-7-8-14-27(25)31(28)21-22;19-11-8-9-13-15-6-3-5-14-12-4-1-2-7-16(12)20(18(14)15)17(13)10-11/h1-27H;5-21H,1-4H3;1-10H. The minimum absolute atomic E-state index is 0.375. The fourth-order valence-corrected chi connectivity index (χ4v) is 21.5. The summed E-state index contributed by atoms with van der Waals surface area (Å²) in [5.41, 5.74) is 15.5. The Balaban J connectivity index is 0.000000108. The summed E-state index contributed by atoms with van der Waals surface area (Å²) in [7, 11) is -0.384. The number of halogens is 1. The van der Waals surface area contributed by atoms with E-state index in [0.29, 0.717) is 0 Å². The Morgan fingerprint density at radius 3 is 0.945 bits per heavy atom. The Labute approximate surface area is 646 Å². The number of thiophene rings is 2. The lowest BCUT2D eigenvalue weighted by atomic mass is 9.78. The van der Waals surface area contributed by atoms with Gasteiger partial charge in [0.1, 0.15) is 0 Å². The van der Waals surface area contributed by atoms with Crippen LogP contribution < -0.4 is 5.46 Å². The molecule has 7 heterocycles. The molecule has 8 heteroatoms. The van der Waals surface area contributed by atoms with Gasteiger partial charge < -0.3 is 18.1 Å². The van der Waals surface area contributed by atoms with Gasteiger partial charge in [0.25, 0.3) is 0 Å². The highest BCUT2D eigenvalue weighted by Crippen LogP contribution is 2.50. The van der Waals surface area contributed by atoms with E-state index in [9.17, 15) is 0 Å². The smallest absolute Gasteiger partial charge is 0.399 e. The van der Waals surface area contributed by atoms with Crippen LogP contribution in [0.1, 0.15) is 27.7 Å². The van der Waals surface area contributed by atoms with Gasteiger partial charge in [-0.1, -0.05) is 297 Å². The zero-order valence-corrected chi connectivity index (χ0v) is 63.0. The van der Waals surface area contributed by atoms with E-state index in [-0.39, 0.29) is 18.3 Å². The average molecular weight is 1460 g/mol. The molecule has 1 aliphatic heterocycles. The van der Waals surface area contributed by atoms with Crippen LogP contribution in [-0.2, 0) is 9.31 Å². The fraction of sp³-hybridized carbons (Fsp3) is 0.0588. The molecule has 0 atom stereocenters. The fourth-order valence-electron chi connectivity index (χ4n) is 18.7. The van der Waals surface area contributed by atoms with Gasteiger partial charge in [0, 0.05) is 88.5 Å². The molecule has 0 radical (unpaired) electrons. The Morgan fingerprint density at radius 2 is 0.527 bits per heavy atom. The van der Waals surface area contributed by atoms with Gasteiger partial charge in [0.15, 0.2) is 0 Å². The van der Waals surface area contributed by atoms with Crippen LogP contribution >= 0.6 is 34.3 Å². The molecule has 18 aromatic carbocycles. The monoisotopic (exact) mass is 1460 g/mol. The van der Waals surface area contributed by atoms with Gasteiger partial charge in [-0.15, -0.1) is 22.7 Å². The van der Waals surface area contributed by atoms with Gasteiger partial charge in [0.05, 0.1) is 44.3 Å². The molecule has 0 N–H and O–H groups in total. The van der Waals surface area contributed by atoms with Crippen molar-refractivity contribution in [1.29, 1.82) is 0 Å². The summed E-state index contributed by atoms with van der Waals surface area (Å²) in [5, 5.41) is 32.0. The van der Waals surface area contributed by atoms with E-state index in [1.54, 1.807) is 0 Å². The van der Waals surface area contributed by atoms with Gasteiger partial charge in [-0.25, -0.2) is 0 Å². The molecular weight excluding hydrogens is 1400 g/mol. The third-order valence-corrected chi connectivity index (χ3v) is 27.2. The van der Waals surface area contributed by atoms with Gasteiger partial charge >= 0.3 is 7.12 Å². The number of hydrogen-bond acceptors (Lipinski definition) is 4. The van der Waals surface area contributed by atoms with Crippen molar-refractivity contribution in [2.24, 2.45) is 0 Å². The van der Waals surface area contributed by atoms with Crippen LogP contribution in [0, 0.1) is 0 Å². The Morgan fingerprint density at radius 1 is 0.245 bits per heavy atom. The third kappa shape index (κ3) is 9.28. The molecule has 0 spiro atoms. The second-order valence-corrected chi connectivity index (χ2v) is 33.2. The van der Waals surface area contributed by atoms with Gasteiger partial charge in [0.2, 0.25) is 0 Å². The number of rotatable bonds is 4. The SMILES string of the molecule is CC1(C)OB(c2cccc3c2sc2c(-c4ccc5c6ccccc6c6ccccc6c5c4)cccc23)OC1(C)C.Clc1ccc2c3cccc4c5ccccc5n(c2c1)c43.c1cc(-c2ccc3c4ccccc4c4ccccc4c3c2)c2sc3c(-c4ccc5c6cccc7c8ccccc8n(c5c4)c76)cccc3c2c1. The topological polar surface area (TPSA) is 27.3 Å². The normalized spacial score (nSPS) is 13.9. The molecule has 0 bridgehead atoms. The lowest BCUT2D eigenvalue weighted by molar-refractivity contribution is 0.00578. The van der Waals surface area contributed by atoms with E-state index in [1.807, 2.05) is 28.7 Å². The van der Waals surface area contributed by atoms with Crippen LogP contribution in [0.25, 0.3) is 215 Å². The molecule has 4 nitrogen and oxygen atoms in total. The van der Waals surface area contributed by atoms with Crippen LogP contribution in [0.2, 0.25) is 5.02 Å². The molecule has 518 valence electrons. The van der Waals surface area contributed by atoms with Crippen molar-refractivity contribution >= 4 is 228 Å². The summed E-state index contributed by atoms with van der Waals surface area (Å²) in [6.07, 6.45) is 0. The molecule has 1 fully saturated rings. The molecule has 1 aliphatic rings. The predicted octanol–water partition coefficient (Wildman–Crippen LogP) is 29.0. The van der Waals surface area contributed by atoms with E-state index in [0.717, 1.165) is 10.5 Å². The number of benzene rings is 18. The average Bonchev–Trinajstić information content (AvgIpc) is 1.52. The summed E-state index contributed by atoms with van der Waals surface area (Å²) in [6.45, 7) is 8.46. The molecule has 0 unspecified atom stereocenters. The molecule has 0 amide bonds. The zero-order valence-electron chi connectivity index (χ0n) is 60.7. The number of nitrogens with zero attached hydrogens (tertiary/aromatic N) is 2. The van der Waals surface area contributed by atoms with Crippen molar-refractivity contribution in [1.82, 2.24) is 8.80 Å². The molecule has 25 rings (SSSR count). The van der Waals surface area contributed by atoms with Crippen LogP contribution in [0.4, 0.5) is 0 Å². The summed E-state index contributed by atoms with van der Waals surface area (Å²) < 4.78 is 23.0. The van der Waals surface area contributed by atoms with E-state index in [2.05, 4.69) is 358 Å².